The molecular formula is C24H46N3O+. The van der Waals surface area contributed by atoms with Gasteiger partial charge in [-0.15, -0.1) is 0 Å². The van der Waals surface area contributed by atoms with E-state index in [0.717, 1.165) is 24.0 Å². The van der Waals surface area contributed by atoms with Crippen LogP contribution in [0.25, 0.3) is 0 Å². The predicted molar refractivity (Wildman–Crippen MR) is 121 cm³/mol. The van der Waals surface area contributed by atoms with E-state index in [1.165, 1.54) is 70.6 Å². The third-order valence-electron chi connectivity index (χ3n) is 6.38. The first-order chi connectivity index (χ1) is 13.6. The lowest BCUT2D eigenvalue weighted by atomic mass is 10.0. The first-order valence-corrected chi connectivity index (χ1v) is 11.8. The van der Waals surface area contributed by atoms with Gasteiger partial charge in [0.2, 0.25) is 5.91 Å². The second-order valence-electron chi connectivity index (χ2n) is 8.47. The van der Waals surface area contributed by atoms with Gasteiger partial charge in [-0.1, -0.05) is 63.5 Å². The zero-order chi connectivity index (χ0) is 20.7. The van der Waals surface area contributed by atoms with Crippen LogP contribution in [0.1, 0.15) is 105 Å². The number of unbranched alkanes of at least 4 members (excludes halogenated alkanes) is 10. The summed E-state index contributed by atoms with van der Waals surface area (Å²) in [4.78, 5) is 16.3. The van der Waals surface area contributed by atoms with Crippen LogP contribution in [0.3, 0.4) is 0 Å². The van der Waals surface area contributed by atoms with E-state index in [9.17, 15) is 4.79 Å². The van der Waals surface area contributed by atoms with Gasteiger partial charge in [0.25, 0.3) is 0 Å². The third kappa shape index (κ3) is 8.89. The molecule has 0 aromatic heterocycles. The standard InChI is InChI=1S/C24H45N3O/c1-5-7-8-9-10-11-12-13-14-15-16-17-18-19-24-25-20-21-27(24,6-2)22(3)26-23(4)28/h5,7,20,22,24H,6,8-19,21H2,1-4H3/p+1/b7-5+. The van der Waals surface area contributed by atoms with Crippen LogP contribution in [0.5, 0.6) is 0 Å². The SMILES string of the molecule is C/C=C/CCCCCCCCCCCCC1N=CC[N+]1(CC)C(C)NC(C)=O. The van der Waals surface area contributed by atoms with Gasteiger partial charge in [-0.2, -0.15) is 0 Å². The fourth-order valence-corrected chi connectivity index (χ4v) is 4.53. The Morgan fingerprint density at radius 3 is 2.21 bits per heavy atom. The van der Waals surface area contributed by atoms with Gasteiger partial charge in [-0.3, -0.25) is 9.28 Å². The molecule has 1 heterocycles. The number of rotatable bonds is 16. The summed E-state index contributed by atoms with van der Waals surface area (Å²) in [5.41, 5.74) is 0. The fourth-order valence-electron chi connectivity index (χ4n) is 4.53. The van der Waals surface area contributed by atoms with Crippen LogP contribution in [0.4, 0.5) is 0 Å². The summed E-state index contributed by atoms with van der Waals surface area (Å²) in [7, 11) is 0. The highest BCUT2D eigenvalue weighted by Crippen LogP contribution is 2.27. The van der Waals surface area contributed by atoms with Crippen molar-refractivity contribution in [3.63, 3.8) is 0 Å². The second-order valence-corrected chi connectivity index (χ2v) is 8.47. The van der Waals surface area contributed by atoms with Crippen molar-refractivity contribution in [2.24, 2.45) is 4.99 Å². The molecule has 0 saturated heterocycles. The molecular weight excluding hydrogens is 346 g/mol. The Labute approximate surface area is 174 Å². The number of nitrogens with zero attached hydrogens (tertiary/aromatic N) is 2. The molecule has 1 rings (SSSR count). The van der Waals surface area contributed by atoms with Crippen molar-refractivity contribution in [2.45, 2.75) is 117 Å². The predicted octanol–water partition coefficient (Wildman–Crippen LogP) is 5.97. The first-order valence-electron chi connectivity index (χ1n) is 11.8. The number of carbonyl (C=O) groups is 1. The molecule has 3 unspecified atom stereocenters. The smallest absolute Gasteiger partial charge is 0.221 e. The van der Waals surface area contributed by atoms with Crippen molar-refractivity contribution in [1.29, 1.82) is 0 Å². The Bertz CT molecular complexity index is 474. The highest BCUT2D eigenvalue weighted by Gasteiger charge is 2.42. The van der Waals surface area contributed by atoms with Crippen LogP contribution in [0, 0.1) is 0 Å². The van der Waals surface area contributed by atoms with Crippen molar-refractivity contribution in [3.8, 4) is 0 Å². The number of allylic oxidation sites excluding steroid dienone is 2. The summed E-state index contributed by atoms with van der Waals surface area (Å²) < 4.78 is 0.883. The topological polar surface area (TPSA) is 41.5 Å². The highest BCUT2D eigenvalue weighted by molar-refractivity contribution is 5.73. The van der Waals surface area contributed by atoms with Gasteiger partial charge in [-0.25, -0.2) is 4.99 Å². The quantitative estimate of drug-likeness (QED) is 0.196. The Balaban J connectivity index is 2.10. The zero-order valence-electron chi connectivity index (χ0n) is 19.1. The van der Waals surface area contributed by atoms with Crippen LogP contribution in [-0.2, 0) is 4.79 Å². The number of quaternary nitrogens is 1. The molecule has 0 saturated carbocycles. The van der Waals surface area contributed by atoms with Crippen LogP contribution in [0.15, 0.2) is 17.1 Å². The average molecular weight is 393 g/mol. The Kier molecular flexibility index (Phi) is 13.1. The minimum atomic E-state index is 0.0573. The molecule has 1 N–H and O–H groups in total. The molecule has 4 nitrogen and oxygen atoms in total. The molecule has 3 atom stereocenters. The van der Waals surface area contributed by atoms with E-state index in [2.05, 4.69) is 44.5 Å². The molecule has 0 aromatic rings. The maximum Gasteiger partial charge on any atom is 0.221 e. The summed E-state index contributed by atoms with van der Waals surface area (Å²) in [6.07, 6.45) is 23.0. The normalized spacial score (nSPS) is 22.8. The van der Waals surface area contributed by atoms with Crippen LogP contribution in [0.2, 0.25) is 0 Å². The lowest BCUT2D eigenvalue weighted by molar-refractivity contribution is -0.959. The van der Waals surface area contributed by atoms with Crippen molar-refractivity contribution in [2.75, 3.05) is 13.1 Å². The molecule has 0 aromatic carbocycles. The van der Waals surface area contributed by atoms with E-state index >= 15 is 0 Å². The lowest BCUT2D eigenvalue weighted by Crippen LogP contribution is -2.63. The molecule has 0 radical (unpaired) electrons. The van der Waals surface area contributed by atoms with E-state index < -0.39 is 0 Å². The monoisotopic (exact) mass is 392 g/mol. The Morgan fingerprint density at radius 1 is 1.11 bits per heavy atom. The minimum Gasteiger partial charge on any atom is -0.307 e. The van der Waals surface area contributed by atoms with Gasteiger partial charge in [0.05, 0.1) is 12.8 Å². The van der Waals surface area contributed by atoms with Crippen molar-refractivity contribution >= 4 is 12.1 Å². The summed E-state index contributed by atoms with van der Waals surface area (Å²) >= 11 is 0. The molecule has 0 aliphatic carbocycles. The van der Waals surface area contributed by atoms with Crippen LogP contribution in [-0.4, -0.2) is 42.0 Å². The van der Waals surface area contributed by atoms with E-state index in [0.29, 0.717) is 6.17 Å². The van der Waals surface area contributed by atoms with E-state index in [-0.39, 0.29) is 12.1 Å². The Hall–Kier alpha value is -1.16. The summed E-state index contributed by atoms with van der Waals surface area (Å²) in [5.74, 6) is 0.0573. The van der Waals surface area contributed by atoms with Crippen molar-refractivity contribution < 1.29 is 9.28 Å². The molecule has 28 heavy (non-hydrogen) atoms. The van der Waals surface area contributed by atoms with Gasteiger partial charge in [0.1, 0.15) is 6.54 Å². The van der Waals surface area contributed by atoms with Crippen LogP contribution < -0.4 is 5.32 Å². The maximum atomic E-state index is 11.5. The van der Waals surface area contributed by atoms with Gasteiger partial charge in [-0.05, 0) is 33.1 Å². The molecule has 0 fully saturated rings. The molecule has 1 aliphatic rings. The molecule has 1 aliphatic heterocycles. The van der Waals surface area contributed by atoms with E-state index in [4.69, 9.17) is 4.99 Å². The molecule has 0 bridgehead atoms. The average Bonchev–Trinajstić information content (AvgIpc) is 3.09. The molecule has 4 heteroatoms. The third-order valence-corrected chi connectivity index (χ3v) is 6.38. The number of hydrogen-bond donors (Lipinski definition) is 1. The van der Waals surface area contributed by atoms with Gasteiger partial charge >= 0.3 is 0 Å². The summed E-state index contributed by atoms with van der Waals surface area (Å²) in [6, 6.07) is 0. The molecule has 1 amide bonds. The molecule has 162 valence electrons. The van der Waals surface area contributed by atoms with Crippen molar-refractivity contribution in [3.05, 3.63) is 12.2 Å². The highest BCUT2D eigenvalue weighted by atomic mass is 16.1. The summed E-state index contributed by atoms with van der Waals surface area (Å²) in [6.45, 7) is 10.0. The second kappa shape index (κ2) is 14.8. The van der Waals surface area contributed by atoms with Gasteiger partial charge in [0, 0.05) is 20.3 Å². The minimum absolute atomic E-state index is 0.0573. The van der Waals surface area contributed by atoms with E-state index in [1.807, 2.05) is 0 Å². The first kappa shape index (κ1) is 24.9. The van der Waals surface area contributed by atoms with E-state index in [1.54, 1.807) is 6.92 Å². The lowest BCUT2D eigenvalue weighted by Gasteiger charge is -2.42. The number of nitrogens with one attached hydrogen (secondary N) is 1. The number of hydrogen-bond acceptors (Lipinski definition) is 2. The largest absolute Gasteiger partial charge is 0.307 e. The van der Waals surface area contributed by atoms with Crippen LogP contribution >= 0.6 is 0 Å². The van der Waals surface area contributed by atoms with Gasteiger partial charge in [0.15, 0.2) is 12.3 Å². The number of aliphatic imine (C=N–C) groups is 1. The number of amides is 1. The van der Waals surface area contributed by atoms with Gasteiger partial charge < -0.3 is 5.32 Å². The zero-order valence-corrected chi connectivity index (χ0v) is 19.1. The fraction of sp³-hybridized carbons (Fsp3) is 0.833. The molecule has 0 spiro atoms. The summed E-state index contributed by atoms with van der Waals surface area (Å²) in [5, 5.41) is 3.11. The number of carbonyl (C=O) groups excluding carboxylic acids is 1. The maximum absolute atomic E-state index is 11.5. The Morgan fingerprint density at radius 2 is 1.68 bits per heavy atom. The van der Waals surface area contributed by atoms with Crippen molar-refractivity contribution in [1.82, 2.24) is 5.32 Å².